The number of aliphatic hydroxyl groups excluding tert-OH is 1. The van der Waals surface area contributed by atoms with Crippen molar-refractivity contribution in [3.05, 3.63) is 47.5 Å². The standard InChI is InChI=1S/C22H26N2O2S/c25-13-15-26-14-10-17-8-9-20(24-11-4-1-5-12-24)21-19-7-3-2-6-18(19)16-23-27-22(17)21/h2-3,6-9,16,25H,1,4-5,10-15H2. The fraction of sp³-hybridized carbons (Fsp3) is 0.409. The Morgan fingerprint density at radius 3 is 2.74 bits per heavy atom. The Labute approximate surface area is 165 Å². The highest BCUT2D eigenvalue weighted by Gasteiger charge is 2.23. The van der Waals surface area contributed by atoms with Crippen LogP contribution in [0.2, 0.25) is 0 Å². The molecule has 2 aromatic carbocycles. The van der Waals surface area contributed by atoms with Gasteiger partial charge in [-0.25, -0.2) is 4.40 Å². The van der Waals surface area contributed by atoms with E-state index in [-0.39, 0.29) is 6.61 Å². The monoisotopic (exact) mass is 382 g/mol. The second-order valence-electron chi connectivity index (χ2n) is 6.99. The molecule has 2 aromatic rings. The van der Waals surface area contributed by atoms with E-state index in [1.807, 2.05) is 6.21 Å². The Bertz CT molecular complexity index is 816. The number of nitrogens with zero attached hydrogens (tertiary/aromatic N) is 2. The lowest BCUT2D eigenvalue weighted by Crippen LogP contribution is -2.30. The van der Waals surface area contributed by atoms with Gasteiger partial charge in [-0.15, -0.1) is 0 Å². The van der Waals surface area contributed by atoms with E-state index in [2.05, 4.69) is 45.7 Å². The van der Waals surface area contributed by atoms with Crippen molar-refractivity contribution in [1.29, 1.82) is 0 Å². The maximum absolute atomic E-state index is 8.93. The Hall–Kier alpha value is -1.82. The summed E-state index contributed by atoms with van der Waals surface area (Å²) in [6.45, 7) is 3.32. The number of benzene rings is 2. The molecular formula is C22H26N2O2S. The van der Waals surface area contributed by atoms with E-state index in [1.165, 1.54) is 52.1 Å². The average Bonchev–Trinajstić information content (AvgIpc) is 2.92. The highest BCUT2D eigenvalue weighted by Crippen LogP contribution is 2.45. The second kappa shape index (κ2) is 8.91. The first-order chi connectivity index (χ1) is 13.4. The van der Waals surface area contributed by atoms with E-state index in [9.17, 15) is 0 Å². The van der Waals surface area contributed by atoms with Crippen LogP contribution >= 0.6 is 11.9 Å². The summed E-state index contributed by atoms with van der Waals surface area (Å²) in [5.74, 6) is 0. The van der Waals surface area contributed by atoms with Gasteiger partial charge in [-0.2, -0.15) is 0 Å². The molecule has 142 valence electrons. The van der Waals surface area contributed by atoms with Crippen LogP contribution in [0.5, 0.6) is 0 Å². The normalized spacial score (nSPS) is 16.0. The molecule has 0 spiro atoms. The van der Waals surface area contributed by atoms with Crippen molar-refractivity contribution in [2.45, 2.75) is 30.6 Å². The highest BCUT2D eigenvalue weighted by molar-refractivity contribution is 7.98. The van der Waals surface area contributed by atoms with Crippen LogP contribution in [0.3, 0.4) is 0 Å². The van der Waals surface area contributed by atoms with Crippen LogP contribution in [0.4, 0.5) is 5.69 Å². The fourth-order valence-electron chi connectivity index (χ4n) is 3.90. The SMILES string of the molecule is OCCOCCc1ccc(N2CCCCC2)c2c1SN=Cc1ccccc1-2. The van der Waals surface area contributed by atoms with E-state index in [0.717, 1.165) is 19.5 Å². The van der Waals surface area contributed by atoms with E-state index < -0.39 is 0 Å². The molecule has 1 N–H and O–H groups in total. The molecule has 5 heteroatoms. The topological polar surface area (TPSA) is 45.1 Å². The molecule has 4 nitrogen and oxygen atoms in total. The third-order valence-electron chi connectivity index (χ3n) is 5.23. The maximum Gasteiger partial charge on any atom is 0.0697 e. The number of anilines is 1. The van der Waals surface area contributed by atoms with Crippen molar-refractivity contribution < 1.29 is 9.84 Å². The summed E-state index contributed by atoms with van der Waals surface area (Å²) in [6.07, 6.45) is 6.65. The van der Waals surface area contributed by atoms with Crippen LogP contribution in [0.1, 0.15) is 30.4 Å². The van der Waals surface area contributed by atoms with E-state index >= 15 is 0 Å². The van der Waals surface area contributed by atoms with E-state index in [1.54, 1.807) is 11.9 Å². The van der Waals surface area contributed by atoms with Gasteiger partial charge in [-0.05, 0) is 42.9 Å². The number of piperidine rings is 1. The largest absolute Gasteiger partial charge is 0.394 e. The zero-order valence-electron chi connectivity index (χ0n) is 15.6. The number of hydrogen-bond donors (Lipinski definition) is 1. The van der Waals surface area contributed by atoms with Crippen LogP contribution in [0, 0.1) is 0 Å². The summed E-state index contributed by atoms with van der Waals surface area (Å²) in [5.41, 5.74) is 6.35. The number of hydrogen-bond acceptors (Lipinski definition) is 5. The number of rotatable bonds is 6. The van der Waals surface area contributed by atoms with Gasteiger partial charge in [0.1, 0.15) is 0 Å². The second-order valence-corrected chi connectivity index (χ2v) is 7.80. The highest BCUT2D eigenvalue weighted by atomic mass is 32.2. The summed E-state index contributed by atoms with van der Waals surface area (Å²) in [7, 11) is 0. The van der Waals surface area contributed by atoms with Crippen LogP contribution in [-0.2, 0) is 11.2 Å². The summed E-state index contributed by atoms with van der Waals surface area (Å²) >= 11 is 1.57. The first-order valence-electron chi connectivity index (χ1n) is 9.77. The van der Waals surface area contributed by atoms with Crippen molar-refractivity contribution in [1.82, 2.24) is 0 Å². The third kappa shape index (κ3) is 4.05. The molecule has 0 atom stereocenters. The van der Waals surface area contributed by atoms with Gasteiger partial charge in [0.25, 0.3) is 0 Å². The Morgan fingerprint density at radius 2 is 1.89 bits per heavy atom. The van der Waals surface area contributed by atoms with Crippen molar-refractivity contribution in [2.24, 2.45) is 4.40 Å². The van der Waals surface area contributed by atoms with E-state index in [4.69, 9.17) is 9.84 Å². The Kier molecular flexibility index (Phi) is 6.12. The lowest BCUT2D eigenvalue weighted by Gasteiger charge is -2.32. The van der Waals surface area contributed by atoms with Gasteiger partial charge in [0.15, 0.2) is 0 Å². The fourth-order valence-corrected chi connectivity index (χ4v) is 4.76. The van der Waals surface area contributed by atoms with Crippen molar-refractivity contribution >= 4 is 23.8 Å². The Balaban J connectivity index is 1.77. The van der Waals surface area contributed by atoms with Crippen LogP contribution in [-0.4, -0.2) is 44.2 Å². The zero-order valence-corrected chi connectivity index (χ0v) is 16.4. The lowest BCUT2D eigenvalue weighted by molar-refractivity contribution is 0.0942. The average molecular weight is 383 g/mol. The van der Waals surface area contributed by atoms with Crippen LogP contribution < -0.4 is 4.90 Å². The van der Waals surface area contributed by atoms with Crippen molar-refractivity contribution in [2.75, 3.05) is 37.8 Å². The van der Waals surface area contributed by atoms with Crippen molar-refractivity contribution in [3.8, 4) is 11.1 Å². The minimum Gasteiger partial charge on any atom is -0.394 e. The van der Waals surface area contributed by atoms with Gasteiger partial charge in [0, 0.05) is 53.0 Å². The predicted octanol–water partition coefficient (Wildman–Crippen LogP) is 4.33. The van der Waals surface area contributed by atoms with Gasteiger partial charge in [-0.3, -0.25) is 0 Å². The van der Waals surface area contributed by atoms with Crippen molar-refractivity contribution in [3.63, 3.8) is 0 Å². The molecule has 1 fully saturated rings. The molecule has 0 radical (unpaired) electrons. The molecule has 2 aliphatic heterocycles. The van der Waals surface area contributed by atoms with Crippen LogP contribution in [0.25, 0.3) is 11.1 Å². The minimum atomic E-state index is 0.0679. The molecule has 0 aliphatic carbocycles. The van der Waals surface area contributed by atoms with Gasteiger partial charge >= 0.3 is 0 Å². The summed E-state index contributed by atoms with van der Waals surface area (Å²) < 4.78 is 10.2. The molecule has 0 amide bonds. The molecule has 0 bridgehead atoms. The molecule has 4 rings (SSSR count). The molecule has 0 unspecified atom stereocenters. The predicted molar refractivity (Wildman–Crippen MR) is 113 cm³/mol. The number of ether oxygens (including phenoxy) is 1. The molecule has 0 saturated carbocycles. The number of fused-ring (bicyclic) bond motifs is 3. The van der Waals surface area contributed by atoms with Gasteiger partial charge in [-0.1, -0.05) is 30.3 Å². The summed E-state index contributed by atoms with van der Waals surface area (Å²) in [6, 6.07) is 13.1. The summed E-state index contributed by atoms with van der Waals surface area (Å²) in [4.78, 5) is 3.78. The maximum atomic E-state index is 8.93. The zero-order chi connectivity index (χ0) is 18.5. The van der Waals surface area contributed by atoms with Gasteiger partial charge in [0.05, 0.1) is 19.8 Å². The minimum absolute atomic E-state index is 0.0679. The van der Waals surface area contributed by atoms with Crippen LogP contribution in [0.15, 0.2) is 45.7 Å². The van der Waals surface area contributed by atoms with E-state index in [0.29, 0.717) is 13.2 Å². The molecule has 2 aliphatic rings. The first kappa shape index (κ1) is 18.5. The summed E-state index contributed by atoms with van der Waals surface area (Å²) in [5, 5.41) is 8.93. The molecule has 1 saturated heterocycles. The Morgan fingerprint density at radius 1 is 1.04 bits per heavy atom. The lowest BCUT2D eigenvalue weighted by atomic mass is 9.94. The smallest absolute Gasteiger partial charge is 0.0697 e. The first-order valence-corrected chi connectivity index (χ1v) is 10.5. The molecular weight excluding hydrogens is 356 g/mol. The molecule has 0 aromatic heterocycles. The molecule has 27 heavy (non-hydrogen) atoms. The third-order valence-corrected chi connectivity index (χ3v) is 6.09. The van der Waals surface area contributed by atoms with Gasteiger partial charge < -0.3 is 14.7 Å². The number of aliphatic hydroxyl groups is 1. The van der Waals surface area contributed by atoms with Gasteiger partial charge in [0.2, 0.25) is 0 Å². The quantitative estimate of drug-likeness (QED) is 0.596. The molecule has 2 heterocycles.